The summed E-state index contributed by atoms with van der Waals surface area (Å²) in [5.74, 6) is -0.0690. The fourth-order valence-corrected chi connectivity index (χ4v) is 4.19. The molecule has 1 spiro atoms. The molecular weight excluding hydrogens is 322 g/mol. The first kappa shape index (κ1) is 14.0. The number of ether oxygens (including phenoxy) is 1. The number of hydrogen-bond donors (Lipinski definition) is 1. The largest absolute Gasteiger partial charge is 0.356 e. The highest BCUT2D eigenvalue weighted by atomic mass is 79.9. The lowest BCUT2D eigenvalue weighted by Crippen LogP contribution is -2.52. The zero-order valence-corrected chi connectivity index (χ0v) is 13.0. The molecule has 1 amide bonds. The summed E-state index contributed by atoms with van der Waals surface area (Å²) in [7, 11) is 0. The number of ketones is 1. The number of carbonyl (C=O) groups is 2. The van der Waals surface area contributed by atoms with E-state index >= 15 is 0 Å². The second-order valence-corrected chi connectivity index (χ2v) is 6.77. The lowest BCUT2D eigenvalue weighted by atomic mass is 9.81. The third kappa shape index (κ3) is 2.07. The smallest absolute Gasteiger partial charge is 0.261 e. The first-order chi connectivity index (χ1) is 9.56. The minimum Gasteiger partial charge on any atom is -0.356 e. The number of carbonyl (C=O) groups excluding carboxylic acids is 2. The number of allylic oxidation sites excluding steroid dienone is 2. The van der Waals surface area contributed by atoms with Gasteiger partial charge < -0.3 is 10.1 Å². The van der Waals surface area contributed by atoms with Crippen LogP contribution in [0.5, 0.6) is 0 Å². The van der Waals surface area contributed by atoms with Crippen LogP contribution >= 0.6 is 15.9 Å². The normalized spacial score (nSPS) is 36.5. The Balaban J connectivity index is 2.00. The van der Waals surface area contributed by atoms with E-state index in [0.717, 1.165) is 30.5 Å². The van der Waals surface area contributed by atoms with Crippen LogP contribution in [-0.4, -0.2) is 28.2 Å². The van der Waals surface area contributed by atoms with Crippen molar-refractivity contribution in [1.82, 2.24) is 5.32 Å². The van der Waals surface area contributed by atoms with Crippen molar-refractivity contribution in [2.75, 3.05) is 0 Å². The van der Waals surface area contributed by atoms with Crippen molar-refractivity contribution in [3.05, 3.63) is 23.4 Å². The van der Waals surface area contributed by atoms with Crippen LogP contribution in [0, 0.1) is 0 Å². The van der Waals surface area contributed by atoms with Gasteiger partial charge in [0.15, 0.2) is 5.60 Å². The predicted molar refractivity (Wildman–Crippen MR) is 78.4 cm³/mol. The third-order valence-electron chi connectivity index (χ3n) is 4.16. The summed E-state index contributed by atoms with van der Waals surface area (Å²) in [5, 5.41) is 2.88. The molecule has 3 atom stereocenters. The molecule has 1 N–H and O–H groups in total. The highest BCUT2D eigenvalue weighted by Gasteiger charge is 2.56. The zero-order valence-electron chi connectivity index (χ0n) is 11.4. The van der Waals surface area contributed by atoms with E-state index in [-0.39, 0.29) is 29.0 Å². The Kier molecular flexibility index (Phi) is 3.58. The van der Waals surface area contributed by atoms with Crippen molar-refractivity contribution in [2.45, 2.75) is 55.6 Å². The van der Waals surface area contributed by atoms with Gasteiger partial charge in [-0.2, -0.15) is 0 Å². The Morgan fingerprint density at radius 1 is 1.50 bits per heavy atom. The number of halogens is 1. The van der Waals surface area contributed by atoms with Crippen molar-refractivity contribution >= 4 is 27.6 Å². The molecule has 1 fully saturated rings. The lowest BCUT2D eigenvalue weighted by molar-refractivity contribution is -0.163. The van der Waals surface area contributed by atoms with Crippen molar-refractivity contribution in [3.63, 3.8) is 0 Å². The predicted octanol–water partition coefficient (Wildman–Crippen LogP) is 2.38. The average molecular weight is 340 g/mol. The van der Waals surface area contributed by atoms with Crippen LogP contribution in [0.4, 0.5) is 0 Å². The molecule has 0 aromatic carbocycles. The van der Waals surface area contributed by atoms with Crippen molar-refractivity contribution in [3.8, 4) is 0 Å². The summed E-state index contributed by atoms with van der Waals surface area (Å²) < 4.78 is 6.14. The van der Waals surface area contributed by atoms with Gasteiger partial charge in [-0.05, 0) is 18.9 Å². The SMILES string of the molecule is CCC[C@H]1CC(=O)C[C@@]2(O1)C(=O)NC1=C2C(Br)CC=C1. The summed E-state index contributed by atoms with van der Waals surface area (Å²) in [6.07, 6.45) is 6.94. The molecule has 3 rings (SSSR count). The van der Waals surface area contributed by atoms with E-state index in [2.05, 4.69) is 28.2 Å². The van der Waals surface area contributed by atoms with Gasteiger partial charge in [-0.25, -0.2) is 0 Å². The van der Waals surface area contributed by atoms with Crippen LogP contribution in [0.15, 0.2) is 23.4 Å². The molecule has 0 aromatic heterocycles. The molecular formula is C15H18BrNO3. The molecule has 1 saturated heterocycles. The molecule has 0 saturated carbocycles. The Bertz CT molecular complexity index is 525. The molecule has 2 heterocycles. The maximum absolute atomic E-state index is 12.5. The van der Waals surface area contributed by atoms with Crippen molar-refractivity contribution in [2.24, 2.45) is 0 Å². The van der Waals surface area contributed by atoms with E-state index in [1.807, 2.05) is 12.2 Å². The standard InChI is InChI=1S/C15H18BrNO3/c1-2-4-10-7-9(18)8-15(20-10)13-11(16)5-3-6-12(13)17-14(15)19/h3,6,10-11H,2,4-5,7-8H2,1H3,(H,17,19)/t10-,11?,15-/m0/s1. The van der Waals surface area contributed by atoms with Gasteiger partial charge in [0.05, 0.1) is 6.10 Å². The fourth-order valence-electron chi connectivity index (χ4n) is 3.35. The summed E-state index contributed by atoms with van der Waals surface area (Å²) >= 11 is 3.62. The molecule has 3 aliphatic rings. The Hall–Kier alpha value is -0.940. The van der Waals surface area contributed by atoms with Gasteiger partial charge in [-0.1, -0.05) is 35.4 Å². The third-order valence-corrected chi connectivity index (χ3v) is 4.99. The van der Waals surface area contributed by atoms with Crippen molar-refractivity contribution in [1.29, 1.82) is 0 Å². The van der Waals surface area contributed by atoms with Gasteiger partial charge in [-0.15, -0.1) is 0 Å². The van der Waals surface area contributed by atoms with E-state index < -0.39 is 5.60 Å². The van der Waals surface area contributed by atoms with Gasteiger partial charge in [-0.3, -0.25) is 9.59 Å². The van der Waals surface area contributed by atoms with E-state index in [1.54, 1.807) is 0 Å². The molecule has 0 aromatic rings. The van der Waals surface area contributed by atoms with Gasteiger partial charge in [0.2, 0.25) is 0 Å². The van der Waals surface area contributed by atoms with E-state index in [0.29, 0.717) is 6.42 Å². The van der Waals surface area contributed by atoms with Gasteiger partial charge in [0.1, 0.15) is 5.78 Å². The summed E-state index contributed by atoms with van der Waals surface area (Å²) in [4.78, 5) is 24.6. The minimum atomic E-state index is -1.08. The Morgan fingerprint density at radius 2 is 2.30 bits per heavy atom. The number of alkyl halides is 1. The number of hydrogen-bond acceptors (Lipinski definition) is 3. The lowest BCUT2D eigenvalue weighted by Gasteiger charge is -2.39. The molecule has 0 bridgehead atoms. The van der Waals surface area contributed by atoms with Crippen LogP contribution in [0.2, 0.25) is 0 Å². The monoisotopic (exact) mass is 339 g/mol. The highest BCUT2D eigenvalue weighted by molar-refractivity contribution is 9.09. The molecule has 1 unspecified atom stereocenters. The molecule has 2 aliphatic heterocycles. The quantitative estimate of drug-likeness (QED) is 0.786. The van der Waals surface area contributed by atoms with E-state index in [4.69, 9.17) is 4.74 Å². The van der Waals surface area contributed by atoms with Gasteiger partial charge in [0.25, 0.3) is 5.91 Å². The Morgan fingerprint density at radius 3 is 3.05 bits per heavy atom. The minimum absolute atomic E-state index is 0.0506. The average Bonchev–Trinajstić information content (AvgIpc) is 2.63. The molecule has 5 heteroatoms. The van der Waals surface area contributed by atoms with Crippen LogP contribution < -0.4 is 5.32 Å². The van der Waals surface area contributed by atoms with Crippen LogP contribution in [0.25, 0.3) is 0 Å². The second-order valence-electron chi connectivity index (χ2n) is 5.66. The maximum atomic E-state index is 12.5. The molecule has 20 heavy (non-hydrogen) atoms. The molecule has 4 nitrogen and oxygen atoms in total. The molecule has 0 radical (unpaired) electrons. The Labute approximate surface area is 126 Å². The van der Waals surface area contributed by atoms with Gasteiger partial charge in [0, 0.05) is 28.9 Å². The maximum Gasteiger partial charge on any atom is 0.261 e. The molecule has 1 aliphatic carbocycles. The number of amides is 1. The van der Waals surface area contributed by atoms with Crippen LogP contribution in [0.1, 0.15) is 39.0 Å². The van der Waals surface area contributed by atoms with Crippen LogP contribution in [-0.2, 0) is 14.3 Å². The van der Waals surface area contributed by atoms with Crippen molar-refractivity contribution < 1.29 is 14.3 Å². The first-order valence-electron chi connectivity index (χ1n) is 7.13. The number of Topliss-reactive ketones (excluding diaryl/α,β-unsaturated/α-hetero) is 1. The van der Waals surface area contributed by atoms with E-state index in [1.165, 1.54) is 0 Å². The number of nitrogens with one attached hydrogen (secondary N) is 1. The molecule has 108 valence electrons. The summed E-state index contributed by atoms with van der Waals surface area (Å²) in [5.41, 5.74) is 0.621. The van der Waals surface area contributed by atoms with E-state index in [9.17, 15) is 9.59 Å². The highest BCUT2D eigenvalue weighted by Crippen LogP contribution is 2.45. The topological polar surface area (TPSA) is 55.4 Å². The number of rotatable bonds is 2. The number of fused-ring (bicyclic) bond motifs is 1. The fraction of sp³-hybridized carbons (Fsp3) is 0.600. The second kappa shape index (κ2) is 5.11. The zero-order chi connectivity index (χ0) is 14.3. The van der Waals surface area contributed by atoms with Gasteiger partial charge >= 0.3 is 0 Å². The van der Waals surface area contributed by atoms with Crippen LogP contribution in [0.3, 0.4) is 0 Å². The summed E-state index contributed by atoms with van der Waals surface area (Å²) in [6, 6.07) is 0. The first-order valence-corrected chi connectivity index (χ1v) is 8.04. The summed E-state index contributed by atoms with van der Waals surface area (Å²) in [6.45, 7) is 2.06.